The maximum Gasteiger partial charge on any atom is 0.191 e. The van der Waals surface area contributed by atoms with Crippen molar-refractivity contribution in [2.45, 2.75) is 51.7 Å². The van der Waals surface area contributed by atoms with Crippen molar-refractivity contribution >= 4 is 41.3 Å². The summed E-state index contributed by atoms with van der Waals surface area (Å²) in [5.41, 5.74) is 2.29. The molecule has 1 aromatic heterocycles. The quantitative estimate of drug-likeness (QED) is 0.338. The molecule has 1 aliphatic carbocycles. The first-order valence-electron chi connectivity index (χ1n) is 9.34. The lowest BCUT2D eigenvalue weighted by molar-refractivity contribution is 0.208. The van der Waals surface area contributed by atoms with Crippen molar-refractivity contribution in [3.8, 4) is 5.75 Å². The van der Waals surface area contributed by atoms with E-state index < -0.39 is 0 Å². The largest absolute Gasteiger partial charge is 0.490 e. The molecule has 0 saturated heterocycles. The van der Waals surface area contributed by atoms with Crippen LogP contribution in [0.25, 0.3) is 0 Å². The molecule has 0 unspecified atom stereocenters. The number of halogens is 1. The monoisotopic (exact) mass is 500 g/mol. The van der Waals surface area contributed by atoms with Crippen molar-refractivity contribution in [3.05, 3.63) is 45.9 Å². The van der Waals surface area contributed by atoms with Gasteiger partial charge in [0.2, 0.25) is 0 Å². The zero-order valence-electron chi connectivity index (χ0n) is 16.0. The minimum Gasteiger partial charge on any atom is -0.490 e. The SMILES string of the molecule is CN=C(NCCc1csc(C)n1)NCc1ccccc1OC1CCCC1.I. The summed E-state index contributed by atoms with van der Waals surface area (Å²) < 4.78 is 6.21. The van der Waals surface area contributed by atoms with Crippen LogP contribution in [0.2, 0.25) is 0 Å². The Hall–Kier alpha value is -1.35. The van der Waals surface area contributed by atoms with E-state index in [-0.39, 0.29) is 24.0 Å². The van der Waals surface area contributed by atoms with Crippen LogP contribution in [0.15, 0.2) is 34.6 Å². The summed E-state index contributed by atoms with van der Waals surface area (Å²) in [6.45, 7) is 3.54. The Bertz CT molecular complexity index is 728. The summed E-state index contributed by atoms with van der Waals surface area (Å²) in [5, 5.41) is 9.96. The fraction of sp³-hybridized carbons (Fsp3) is 0.500. The van der Waals surface area contributed by atoms with Crippen molar-refractivity contribution in [3.63, 3.8) is 0 Å². The van der Waals surface area contributed by atoms with Gasteiger partial charge in [0.15, 0.2) is 5.96 Å². The Labute approximate surface area is 183 Å². The molecule has 0 bridgehead atoms. The number of benzene rings is 1. The Morgan fingerprint density at radius 3 is 2.74 bits per heavy atom. The van der Waals surface area contributed by atoms with E-state index in [9.17, 15) is 0 Å². The number of aromatic nitrogens is 1. The molecule has 3 rings (SSSR count). The Balaban J connectivity index is 0.00000261. The number of nitrogens with zero attached hydrogens (tertiary/aromatic N) is 2. The lowest BCUT2D eigenvalue weighted by Gasteiger charge is -2.18. The number of aliphatic imine (C=N–C) groups is 1. The molecule has 7 heteroatoms. The average Bonchev–Trinajstić information content (AvgIpc) is 3.31. The van der Waals surface area contributed by atoms with Crippen molar-refractivity contribution in [2.24, 2.45) is 4.99 Å². The van der Waals surface area contributed by atoms with Gasteiger partial charge in [-0.05, 0) is 38.7 Å². The van der Waals surface area contributed by atoms with Crippen molar-refractivity contribution in [1.29, 1.82) is 0 Å². The Morgan fingerprint density at radius 2 is 2.04 bits per heavy atom. The number of guanidine groups is 1. The van der Waals surface area contributed by atoms with Crippen molar-refractivity contribution in [2.75, 3.05) is 13.6 Å². The number of aryl methyl sites for hydroxylation is 1. The Morgan fingerprint density at radius 1 is 1.26 bits per heavy atom. The number of ether oxygens (including phenoxy) is 1. The molecule has 27 heavy (non-hydrogen) atoms. The molecule has 1 heterocycles. The number of hydrogen-bond donors (Lipinski definition) is 2. The molecule has 5 nitrogen and oxygen atoms in total. The lowest BCUT2D eigenvalue weighted by Crippen LogP contribution is -2.38. The molecule has 1 fully saturated rings. The highest BCUT2D eigenvalue weighted by molar-refractivity contribution is 14.0. The minimum atomic E-state index is 0. The van der Waals surface area contributed by atoms with Gasteiger partial charge < -0.3 is 15.4 Å². The third-order valence-electron chi connectivity index (χ3n) is 4.58. The van der Waals surface area contributed by atoms with Crippen LogP contribution in [0.1, 0.15) is 41.9 Å². The molecular formula is C20H29IN4OS. The zero-order valence-corrected chi connectivity index (χ0v) is 19.2. The van der Waals surface area contributed by atoms with Gasteiger partial charge in [-0.25, -0.2) is 4.98 Å². The molecule has 0 spiro atoms. The van der Waals surface area contributed by atoms with Gasteiger partial charge in [0.25, 0.3) is 0 Å². The molecule has 1 aliphatic rings. The van der Waals surface area contributed by atoms with Gasteiger partial charge in [-0.1, -0.05) is 18.2 Å². The number of hydrogen-bond acceptors (Lipinski definition) is 4. The summed E-state index contributed by atoms with van der Waals surface area (Å²) in [4.78, 5) is 8.80. The summed E-state index contributed by atoms with van der Waals surface area (Å²) in [5.74, 6) is 1.79. The maximum atomic E-state index is 6.21. The van der Waals surface area contributed by atoms with E-state index in [0.29, 0.717) is 12.6 Å². The number of rotatable bonds is 7. The molecule has 148 valence electrons. The standard InChI is InChI=1S/C20H28N4OS.HI/c1-15-24-17(14-26-15)11-12-22-20(21-2)23-13-16-7-3-6-10-19(16)25-18-8-4-5-9-18;/h3,6-7,10,14,18H,4-5,8-9,11-13H2,1-2H3,(H2,21,22,23);1H. The first kappa shape index (κ1) is 21.9. The van der Waals surface area contributed by atoms with Crippen LogP contribution in [0, 0.1) is 6.92 Å². The van der Waals surface area contributed by atoms with Crippen LogP contribution in [0.3, 0.4) is 0 Å². The normalized spacial score (nSPS) is 14.7. The maximum absolute atomic E-state index is 6.21. The fourth-order valence-electron chi connectivity index (χ4n) is 3.18. The predicted molar refractivity (Wildman–Crippen MR) is 123 cm³/mol. The van der Waals surface area contributed by atoms with Gasteiger partial charge in [0.1, 0.15) is 5.75 Å². The van der Waals surface area contributed by atoms with Crippen LogP contribution in [0.5, 0.6) is 5.75 Å². The van der Waals surface area contributed by atoms with Crippen LogP contribution in [-0.4, -0.2) is 30.6 Å². The van der Waals surface area contributed by atoms with Gasteiger partial charge in [-0.15, -0.1) is 35.3 Å². The van der Waals surface area contributed by atoms with Crippen LogP contribution in [0.4, 0.5) is 0 Å². The third-order valence-corrected chi connectivity index (χ3v) is 5.40. The van der Waals surface area contributed by atoms with Gasteiger partial charge in [-0.2, -0.15) is 0 Å². The second-order valence-corrected chi connectivity index (χ2v) is 7.65. The second-order valence-electron chi connectivity index (χ2n) is 6.59. The summed E-state index contributed by atoms with van der Waals surface area (Å²) >= 11 is 1.69. The molecule has 2 aromatic rings. The molecule has 0 atom stereocenters. The van der Waals surface area contributed by atoms with E-state index in [2.05, 4.69) is 44.2 Å². The van der Waals surface area contributed by atoms with E-state index in [1.807, 2.05) is 13.0 Å². The van der Waals surface area contributed by atoms with Crippen LogP contribution < -0.4 is 15.4 Å². The van der Waals surface area contributed by atoms with E-state index in [1.54, 1.807) is 18.4 Å². The topological polar surface area (TPSA) is 58.5 Å². The summed E-state index contributed by atoms with van der Waals surface area (Å²) in [6, 6.07) is 8.27. The smallest absolute Gasteiger partial charge is 0.191 e. The number of para-hydroxylation sites is 1. The van der Waals surface area contributed by atoms with Crippen molar-refractivity contribution in [1.82, 2.24) is 15.6 Å². The fourth-order valence-corrected chi connectivity index (χ4v) is 3.83. The predicted octanol–water partition coefficient (Wildman–Crippen LogP) is 4.30. The van der Waals surface area contributed by atoms with E-state index >= 15 is 0 Å². The van der Waals surface area contributed by atoms with E-state index in [4.69, 9.17) is 4.74 Å². The van der Waals surface area contributed by atoms with Gasteiger partial charge in [0.05, 0.1) is 16.8 Å². The van der Waals surface area contributed by atoms with Crippen LogP contribution >= 0.6 is 35.3 Å². The first-order valence-corrected chi connectivity index (χ1v) is 10.2. The highest BCUT2D eigenvalue weighted by Gasteiger charge is 2.17. The van der Waals surface area contributed by atoms with Crippen molar-refractivity contribution < 1.29 is 4.74 Å². The second kappa shape index (κ2) is 11.5. The summed E-state index contributed by atoms with van der Waals surface area (Å²) in [6.07, 6.45) is 6.16. The third kappa shape index (κ3) is 6.95. The molecule has 1 saturated carbocycles. The van der Waals surface area contributed by atoms with E-state index in [1.165, 1.54) is 25.7 Å². The van der Waals surface area contributed by atoms with Crippen LogP contribution in [-0.2, 0) is 13.0 Å². The first-order chi connectivity index (χ1) is 12.7. The molecule has 0 radical (unpaired) electrons. The highest BCUT2D eigenvalue weighted by atomic mass is 127. The van der Waals surface area contributed by atoms with Gasteiger partial charge in [0, 0.05) is 37.5 Å². The highest BCUT2D eigenvalue weighted by Crippen LogP contribution is 2.26. The lowest BCUT2D eigenvalue weighted by atomic mass is 10.2. The summed E-state index contributed by atoms with van der Waals surface area (Å²) in [7, 11) is 1.79. The minimum absolute atomic E-state index is 0. The number of thiazole rings is 1. The zero-order chi connectivity index (χ0) is 18.2. The van der Waals surface area contributed by atoms with Gasteiger partial charge >= 0.3 is 0 Å². The van der Waals surface area contributed by atoms with E-state index in [0.717, 1.165) is 40.9 Å². The number of nitrogens with one attached hydrogen (secondary N) is 2. The molecule has 0 aliphatic heterocycles. The molecule has 2 N–H and O–H groups in total. The average molecular weight is 500 g/mol. The molecule has 0 amide bonds. The van der Waals surface area contributed by atoms with Gasteiger partial charge in [-0.3, -0.25) is 4.99 Å². The Kier molecular flexibility index (Phi) is 9.33. The molecular weight excluding hydrogens is 471 g/mol. The molecule has 1 aromatic carbocycles.